The maximum absolute atomic E-state index is 12.0. The van der Waals surface area contributed by atoms with E-state index >= 15 is 0 Å². The molecule has 1 saturated heterocycles. The number of anilines is 1. The Morgan fingerprint density at radius 3 is 2.62 bits per heavy atom. The molecule has 0 radical (unpaired) electrons. The average molecular weight is 311 g/mol. The van der Waals surface area contributed by atoms with Crippen LogP contribution < -0.4 is 10.5 Å². The lowest BCUT2D eigenvalue weighted by molar-refractivity contribution is -0.130. The second-order valence-electron chi connectivity index (χ2n) is 5.27. The van der Waals surface area contributed by atoms with E-state index in [1.165, 1.54) is 0 Å². The number of nitrogens with zero attached hydrogens (tertiary/aromatic N) is 1. The van der Waals surface area contributed by atoms with Crippen molar-refractivity contribution in [2.75, 3.05) is 25.4 Å². The van der Waals surface area contributed by atoms with Crippen molar-refractivity contribution in [2.24, 2.45) is 0 Å². The third-order valence-corrected chi connectivity index (χ3v) is 4.76. The fourth-order valence-electron chi connectivity index (χ4n) is 2.38. The number of piperidine rings is 1. The van der Waals surface area contributed by atoms with Gasteiger partial charge in [0.15, 0.2) is 0 Å². The van der Waals surface area contributed by atoms with Crippen LogP contribution in [0.3, 0.4) is 0 Å². The lowest BCUT2D eigenvalue weighted by Crippen LogP contribution is -2.42. The third-order valence-electron chi connectivity index (χ3n) is 3.46. The number of nitrogens with two attached hydrogens (primary N) is 1. The second kappa shape index (κ2) is 6.91. The number of sulfonamides is 1. The summed E-state index contributed by atoms with van der Waals surface area (Å²) < 4.78 is 26.3. The predicted octanol–water partition coefficient (Wildman–Crippen LogP) is 0.701. The molecule has 0 spiro atoms. The van der Waals surface area contributed by atoms with Gasteiger partial charge in [-0.1, -0.05) is 12.1 Å². The lowest BCUT2D eigenvalue weighted by atomic mass is 10.1. The Balaban J connectivity index is 1.87. The van der Waals surface area contributed by atoms with Crippen molar-refractivity contribution >= 4 is 21.6 Å². The highest BCUT2D eigenvalue weighted by atomic mass is 32.2. The number of rotatable bonds is 5. The summed E-state index contributed by atoms with van der Waals surface area (Å²) in [6.45, 7) is 1.26. The molecule has 0 aliphatic carbocycles. The van der Waals surface area contributed by atoms with Gasteiger partial charge in [0, 0.05) is 18.8 Å². The molecule has 1 aromatic rings. The van der Waals surface area contributed by atoms with Crippen molar-refractivity contribution in [1.29, 1.82) is 0 Å². The Hall–Kier alpha value is -1.60. The standard InChI is InChI=1S/C14H21N3O3S/c15-13-6-4-5-12(9-13)11-21(19,20)16-10-14(18)17-7-2-1-3-8-17/h4-6,9,16H,1-3,7-8,10-11,15H2. The fraction of sp³-hybridized carbons (Fsp3) is 0.500. The Morgan fingerprint density at radius 1 is 1.24 bits per heavy atom. The van der Waals surface area contributed by atoms with Crippen LogP contribution in [0.5, 0.6) is 0 Å². The van der Waals surface area contributed by atoms with Gasteiger partial charge in [0.2, 0.25) is 15.9 Å². The first-order chi connectivity index (χ1) is 9.96. The van der Waals surface area contributed by atoms with Crippen molar-refractivity contribution in [3.63, 3.8) is 0 Å². The Morgan fingerprint density at radius 2 is 1.95 bits per heavy atom. The van der Waals surface area contributed by atoms with Crippen molar-refractivity contribution in [2.45, 2.75) is 25.0 Å². The van der Waals surface area contributed by atoms with Gasteiger partial charge in [-0.3, -0.25) is 4.79 Å². The number of benzene rings is 1. The van der Waals surface area contributed by atoms with Crippen LogP contribution >= 0.6 is 0 Å². The second-order valence-corrected chi connectivity index (χ2v) is 7.07. The molecule has 0 bridgehead atoms. The lowest BCUT2D eigenvalue weighted by Gasteiger charge is -2.26. The molecule has 0 aromatic heterocycles. The number of likely N-dealkylation sites (tertiary alicyclic amines) is 1. The van der Waals surface area contributed by atoms with E-state index in [0.29, 0.717) is 11.3 Å². The van der Waals surface area contributed by atoms with Gasteiger partial charge in [-0.2, -0.15) is 0 Å². The van der Waals surface area contributed by atoms with Crippen LogP contribution in [-0.4, -0.2) is 38.9 Å². The molecular weight excluding hydrogens is 290 g/mol. The van der Waals surface area contributed by atoms with E-state index in [1.807, 2.05) is 0 Å². The number of nitrogen functional groups attached to an aromatic ring is 1. The summed E-state index contributed by atoms with van der Waals surface area (Å²) in [4.78, 5) is 13.6. The number of carbonyl (C=O) groups is 1. The van der Waals surface area contributed by atoms with E-state index in [1.54, 1.807) is 29.2 Å². The number of nitrogens with one attached hydrogen (secondary N) is 1. The monoisotopic (exact) mass is 311 g/mol. The average Bonchev–Trinajstić information content (AvgIpc) is 2.45. The molecule has 1 heterocycles. The predicted molar refractivity (Wildman–Crippen MR) is 81.9 cm³/mol. The van der Waals surface area contributed by atoms with Gasteiger partial charge in [0.25, 0.3) is 0 Å². The molecule has 21 heavy (non-hydrogen) atoms. The summed E-state index contributed by atoms with van der Waals surface area (Å²) in [6, 6.07) is 6.72. The fourth-order valence-corrected chi connectivity index (χ4v) is 3.44. The minimum atomic E-state index is -3.54. The maximum atomic E-state index is 12.0. The van der Waals surface area contributed by atoms with Crippen molar-refractivity contribution in [3.05, 3.63) is 29.8 Å². The Labute approximate surface area is 125 Å². The number of hydrogen-bond acceptors (Lipinski definition) is 4. The highest BCUT2D eigenvalue weighted by Crippen LogP contribution is 2.10. The van der Waals surface area contributed by atoms with Crippen LogP contribution in [0.2, 0.25) is 0 Å². The molecule has 1 aromatic carbocycles. The van der Waals surface area contributed by atoms with Crippen LogP contribution in [0.15, 0.2) is 24.3 Å². The van der Waals surface area contributed by atoms with E-state index in [9.17, 15) is 13.2 Å². The molecule has 7 heteroatoms. The van der Waals surface area contributed by atoms with Crippen LogP contribution in [0.4, 0.5) is 5.69 Å². The van der Waals surface area contributed by atoms with E-state index in [0.717, 1.165) is 32.4 Å². The quantitative estimate of drug-likeness (QED) is 0.783. The molecule has 1 aliphatic heterocycles. The van der Waals surface area contributed by atoms with Gasteiger partial charge in [-0.25, -0.2) is 13.1 Å². The summed E-state index contributed by atoms with van der Waals surface area (Å²) in [5.41, 5.74) is 6.75. The minimum Gasteiger partial charge on any atom is -0.399 e. The summed E-state index contributed by atoms with van der Waals surface area (Å²) >= 11 is 0. The molecule has 0 saturated carbocycles. The van der Waals surface area contributed by atoms with Crippen molar-refractivity contribution in [1.82, 2.24) is 9.62 Å². The smallest absolute Gasteiger partial charge is 0.237 e. The van der Waals surface area contributed by atoms with Gasteiger partial charge in [-0.15, -0.1) is 0 Å². The SMILES string of the molecule is Nc1cccc(CS(=O)(=O)NCC(=O)N2CCCCC2)c1. The van der Waals surface area contributed by atoms with Crippen molar-refractivity contribution < 1.29 is 13.2 Å². The number of carbonyl (C=O) groups excluding carboxylic acids is 1. The molecule has 0 unspecified atom stereocenters. The zero-order valence-corrected chi connectivity index (χ0v) is 12.7. The molecule has 1 amide bonds. The summed E-state index contributed by atoms with van der Waals surface area (Å²) in [5.74, 6) is -0.337. The molecule has 1 fully saturated rings. The first-order valence-electron chi connectivity index (χ1n) is 7.06. The van der Waals surface area contributed by atoms with Gasteiger partial charge in [0.05, 0.1) is 12.3 Å². The molecule has 0 atom stereocenters. The van der Waals surface area contributed by atoms with Crippen LogP contribution in [0, 0.1) is 0 Å². The largest absolute Gasteiger partial charge is 0.399 e. The van der Waals surface area contributed by atoms with E-state index in [-0.39, 0.29) is 18.2 Å². The zero-order chi connectivity index (χ0) is 15.3. The van der Waals surface area contributed by atoms with Gasteiger partial charge in [-0.05, 0) is 37.0 Å². The van der Waals surface area contributed by atoms with E-state index < -0.39 is 10.0 Å². The van der Waals surface area contributed by atoms with Crippen LogP contribution in [0.1, 0.15) is 24.8 Å². The third kappa shape index (κ3) is 5.02. The van der Waals surface area contributed by atoms with Gasteiger partial charge in [0.1, 0.15) is 0 Å². The highest BCUT2D eigenvalue weighted by molar-refractivity contribution is 7.88. The molecule has 6 nitrogen and oxygen atoms in total. The van der Waals surface area contributed by atoms with Crippen molar-refractivity contribution in [3.8, 4) is 0 Å². The maximum Gasteiger partial charge on any atom is 0.237 e. The normalized spacial score (nSPS) is 15.9. The molecule has 3 N–H and O–H groups in total. The molecule has 116 valence electrons. The Bertz CT molecular complexity index is 595. The summed E-state index contributed by atoms with van der Waals surface area (Å²) in [6.07, 6.45) is 3.11. The zero-order valence-electron chi connectivity index (χ0n) is 11.9. The first kappa shape index (κ1) is 15.8. The first-order valence-corrected chi connectivity index (χ1v) is 8.71. The van der Waals surface area contributed by atoms with E-state index in [4.69, 9.17) is 5.73 Å². The van der Waals surface area contributed by atoms with E-state index in [2.05, 4.69) is 4.72 Å². The number of amides is 1. The molecular formula is C14H21N3O3S. The summed E-state index contributed by atoms with van der Waals surface area (Å²) in [7, 11) is -3.54. The van der Waals surface area contributed by atoms with Gasteiger partial charge >= 0.3 is 0 Å². The summed E-state index contributed by atoms with van der Waals surface area (Å²) in [5, 5.41) is 0. The highest BCUT2D eigenvalue weighted by Gasteiger charge is 2.19. The number of hydrogen-bond donors (Lipinski definition) is 2. The van der Waals surface area contributed by atoms with Crippen LogP contribution in [0.25, 0.3) is 0 Å². The van der Waals surface area contributed by atoms with Crippen LogP contribution in [-0.2, 0) is 20.6 Å². The van der Waals surface area contributed by atoms with Gasteiger partial charge < -0.3 is 10.6 Å². The Kier molecular flexibility index (Phi) is 5.19. The topological polar surface area (TPSA) is 92.5 Å². The molecule has 1 aliphatic rings. The molecule has 2 rings (SSSR count). The minimum absolute atomic E-state index is 0.161.